The van der Waals surface area contributed by atoms with Gasteiger partial charge in [-0.15, -0.1) is 5.10 Å². The van der Waals surface area contributed by atoms with Gasteiger partial charge in [0.25, 0.3) is 0 Å². The minimum Gasteiger partial charge on any atom is -0.237 e. The van der Waals surface area contributed by atoms with Crippen LogP contribution in [0.3, 0.4) is 0 Å². The van der Waals surface area contributed by atoms with Gasteiger partial charge in [-0.3, -0.25) is 0 Å². The molecule has 0 fully saturated rings. The summed E-state index contributed by atoms with van der Waals surface area (Å²) in [7, 11) is -2.00. The van der Waals surface area contributed by atoms with E-state index >= 15 is 0 Å². The predicted octanol–water partition coefficient (Wildman–Crippen LogP) is 2.58. The van der Waals surface area contributed by atoms with Gasteiger partial charge in [-0.1, -0.05) is 28.4 Å². The zero-order valence-electron chi connectivity index (χ0n) is 10.5. The first-order valence-electron chi connectivity index (χ1n) is 5.97. The van der Waals surface area contributed by atoms with Crippen LogP contribution in [0.4, 0.5) is 0 Å². The molecule has 0 amide bonds. The first kappa shape index (κ1) is 13.9. The van der Waals surface area contributed by atoms with E-state index in [1.807, 2.05) is 0 Å². The molecule has 0 bridgehead atoms. The molecule has 0 radical (unpaired) electrons. The van der Waals surface area contributed by atoms with Crippen molar-refractivity contribution in [1.82, 2.24) is 15.0 Å². The molecule has 0 aliphatic heterocycles. The van der Waals surface area contributed by atoms with Crippen LogP contribution >= 0.6 is 23.2 Å². The molecule has 1 atom stereocenters. The molecular formula is C12H11Cl2N3O2S. The van der Waals surface area contributed by atoms with E-state index in [4.69, 9.17) is 23.2 Å². The lowest BCUT2D eigenvalue weighted by molar-refractivity contribution is 0.560. The van der Waals surface area contributed by atoms with Crippen LogP contribution in [0.5, 0.6) is 0 Å². The summed E-state index contributed by atoms with van der Waals surface area (Å²) in [4.78, 5) is 0. The van der Waals surface area contributed by atoms with Gasteiger partial charge in [0.15, 0.2) is 5.03 Å². The number of nitrogens with zero attached hydrogens (tertiary/aromatic N) is 3. The van der Waals surface area contributed by atoms with Gasteiger partial charge in [-0.05, 0) is 36.1 Å². The third-order valence-electron chi connectivity index (χ3n) is 3.54. The molecule has 0 spiro atoms. The Labute approximate surface area is 126 Å². The van der Waals surface area contributed by atoms with E-state index in [2.05, 4.69) is 10.3 Å². The maximum Gasteiger partial charge on any atom is 0.203 e. The highest BCUT2D eigenvalue weighted by Crippen LogP contribution is 2.43. The molecule has 1 aromatic carbocycles. The van der Waals surface area contributed by atoms with E-state index in [1.54, 1.807) is 19.2 Å². The van der Waals surface area contributed by atoms with E-state index in [1.165, 1.54) is 10.9 Å². The van der Waals surface area contributed by atoms with E-state index in [-0.39, 0.29) is 5.03 Å². The Bertz CT molecular complexity index is 786. The Kier molecular flexibility index (Phi) is 3.27. The monoisotopic (exact) mass is 331 g/mol. The van der Waals surface area contributed by atoms with Crippen molar-refractivity contribution in [1.29, 1.82) is 0 Å². The van der Waals surface area contributed by atoms with Crippen molar-refractivity contribution in [3.63, 3.8) is 0 Å². The summed E-state index contributed by atoms with van der Waals surface area (Å²) < 4.78 is 26.7. The zero-order valence-corrected chi connectivity index (χ0v) is 12.9. The van der Waals surface area contributed by atoms with Crippen LogP contribution < -0.4 is 0 Å². The van der Waals surface area contributed by atoms with Gasteiger partial charge in [0.05, 0.1) is 11.4 Å². The van der Waals surface area contributed by atoms with Gasteiger partial charge in [-0.2, -0.15) is 0 Å². The highest BCUT2D eigenvalue weighted by Gasteiger charge is 2.37. The lowest BCUT2D eigenvalue weighted by atomic mass is 10.1. The van der Waals surface area contributed by atoms with Gasteiger partial charge in [0.2, 0.25) is 9.84 Å². The summed E-state index contributed by atoms with van der Waals surface area (Å²) in [6, 6.07) is 3.32. The quantitative estimate of drug-likeness (QED) is 0.848. The Morgan fingerprint density at radius 3 is 2.75 bits per heavy atom. The average molecular weight is 332 g/mol. The number of aromatic nitrogens is 3. The number of hydrogen-bond acceptors (Lipinski definition) is 4. The fourth-order valence-electron chi connectivity index (χ4n) is 2.61. The van der Waals surface area contributed by atoms with Crippen LogP contribution in [0.1, 0.15) is 22.8 Å². The molecule has 1 aliphatic carbocycles. The number of fused-ring (bicyclic) bond motifs is 1. The number of rotatable bonds is 2. The predicted molar refractivity (Wildman–Crippen MR) is 75.7 cm³/mol. The molecule has 20 heavy (non-hydrogen) atoms. The fourth-order valence-corrected chi connectivity index (χ4v) is 5.08. The smallest absolute Gasteiger partial charge is 0.203 e. The Morgan fingerprint density at radius 1 is 1.35 bits per heavy atom. The van der Waals surface area contributed by atoms with Crippen molar-refractivity contribution in [3.05, 3.63) is 39.5 Å². The molecule has 3 rings (SSSR count). The number of halogens is 2. The van der Waals surface area contributed by atoms with Crippen molar-refractivity contribution in [3.8, 4) is 0 Å². The lowest BCUT2D eigenvalue weighted by Crippen LogP contribution is -2.15. The number of aryl methyl sites for hydroxylation is 1. The minimum absolute atomic E-state index is 0.103. The molecule has 1 unspecified atom stereocenters. The molecule has 0 saturated carbocycles. The fraction of sp³-hybridized carbons (Fsp3) is 0.333. The lowest BCUT2D eigenvalue weighted by Gasteiger charge is -2.13. The standard InChI is InChI=1S/C12H11Cl2N3O2S/c1-17-12(6-15-16-17)20(18,19)11-3-2-8-9(11)4-7(13)5-10(8)14/h4-6,11H,2-3H2,1H3. The van der Waals surface area contributed by atoms with Crippen LogP contribution in [-0.4, -0.2) is 23.4 Å². The van der Waals surface area contributed by atoms with Crippen LogP contribution in [-0.2, 0) is 23.3 Å². The highest BCUT2D eigenvalue weighted by molar-refractivity contribution is 7.91. The highest BCUT2D eigenvalue weighted by atomic mass is 35.5. The first-order valence-corrected chi connectivity index (χ1v) is 8.28. The van der Waals surface area contributed by atoms with Crippen LogP contribution in [0, 0.1) is 0 Å². The summed E-state index contributed by atoms with van der Waals surface area (Å²) >= 11 is 12.1. The van der Waals surface area contributed by atoms with Crippen LogP contribution in [0.15, 0.2) is 23.4 Å². The topological polar surface area (TPSA) is 64.8 Å². The molecule has 8 heteroatoms. The maximum atomic E-state index is 12.7. The zero-order chi connectivity index (χ0) is 14.5. The Morgan fingerprint density at radius 2 is 2.10 bits per heavy atom. The largest absolute Gasteiger partial charge is 0.237 e. The molecule has 1 heterocycles. The second-order valence-electron chi connectivity index (χ2n) is 4.72. The SMILES string of the molecule is Cn1nncc1S(=O)(=O)C1CCc2c(Cl)cc(Cl)cc21. The molecule has 5 nitrogen and oxygen atoms in total. The van der Waals surface area contributed by atoms with Crippen molar-refractivity contribution in [2.24, 2.45) is 7.05 Å². The van der Waals surface area contributed by atoms with Crippen LogP contribution in [0.2, 0.25) is 10.0 Å². The third kappa shape index (κ3) is 2.03. The van der Waals surface area contributed by atoms with Gasteiger partial charge in [-0.25, -0.2) is 13.1 Å². The molecule has 2 aromatic rings. The second-order valence-corrected chi connectivity index (χ2v) is 7.64. The third-order valence-corrected chi connectivity index (χ3v) is 6.28. The molecule has 106 valence electrons. The second kappa shape index (κ2) is 4.72. The number of hydrogen-bond donors (Lipinski definition) is 0. The van der Waals surface area contributed by atoms with Crippen molar-refractivity contribution in [2.45, 2.75) is 23.1 Å². The van der Waals surface area contributed by atoms with Crippen molar-refractivity contribution < 1.29 is 8.42 Å². The Hall–Kier alpha value is -1.11. The van der Waals surface area contributed by atoms with Gasteiger partial charge >= 0.3 is 0 Å². The average Bonchev–Trinajstić information content (AvgIpc) is 2.95. The minimum atomic E-state index is -3.55. The van der Waals surface area contributed by atoms with Gasteiger partial charge in [0, 0.05) is 17.1 Å². The van der Waals surface area contributed by atoms with Crippen LogP contribution in [0.25, 0.3) is 0 Å². The molecule has 0 N–H and O–H groups in total. The summed E-state index contributed by atoms with van der Waals surface area (Å²) in [5.41, 5.74) is 1.54. The normalized spacial score (nSPS) is 18.2. The van der Waals surface area contributed by atoms with E-state index in [9.17, 15) is 8.42 Å². The molecule has 1 aromatic heterocycles. The molecular weight excluding hydrogens is 321 g/mol. The van der Waals surface area contributed by atoms with Gasteiger partial charge in [0.1, 0.15) is 0 Å². The van der Waals surface area contributed by atoms with E-state index in [0.29, 0.717) is 28.5 Å². The number of sulfone groups is 1. The molecule has 0 saturated heterocycles. The maximum absolute atomic E-state index is 12.7. The summed E-state index contributed by atoms with van der Waals surface area (Å²) in [5.74, 6) is 0. The van der Waals surface area contributed by atoms with Crippen molar-refractivity contribution >= 4 is 33.0 Å². The van der Waals surface area contributed by atoms with E-state index < -0.39 is 15.1 Å². The first-order chi connectivity index (χ1) is 9.41. The summed E-state index contributed by atoms with van der Waals surface area (Å²) in [6.45, 7) is 0. The van der Waals surface area contributed by atoms with Gasteiger partial charge < -0.3 is 0 Å². The number of benzene rings is 1. The Balaban J connectivity index is 2.14. The molecule has 1 aliphatic rings. The summed E-state index contributed by atoms with van der Waals surface area (Å²) in [5, 5.41) is 7.73. The van der Waals surface area contributed by atoms with E-state index in [0.717, 1.165) is 5.56 Å². The van der Waals surface area contributed by atoms with Crippen molar-refractivity contribution in [2.75, 3.05) is 0 Å². The summed E-state index contributed by atoms with van der Waals surface area (Å²) in [6.07, 6.45) is 2.38.